The average Bonchev–Trinajstić information content (AvgIpc) is 2.65. The fourth-order valence-electron chi connectivity index (χ4n) is 2.86. The lowest BCUT2D eigenvalue weighted by atomic mass is 10.0. The number of carboxylic acid groups (broad SMARTS) is 1. The van der Waals surface area contributed by atoms with Crippen molar-refractivity contribution in [1.29, 1.82) is 0 Å². The second-order valence-corrected chi connectivity index (χ2v) is 6.38. The molecule has 0 radical (unpaired) electrons. The number of carbonyl (C=O) groups is 2. The number of carboxylic acids is 1. The highest BCUT2D eigenvalue weighted by Gasteiger charge is 2.27. The summed E-state index contributed by atoms with van der Waals surface area (Å²) in [7, 11) is 1.54. The van der Waals surface area contributed by atoms with Crippen molar-refractivity contribution in [1.82, 2.24) is 5.32 Å². The van der Waals surface area contributed by atoms with Gasteiger partial charge >= 0.3 is 5.97 Å². The number of hydrogen-bond acceptors (Lipinski definition) is 4. The molecule has 2 atom stereocenters. The summed E-state index contributed by atoms with van der Waals surface area (Å²) in [6.45, 7) is 3.83. The molecule has 3 N–H and O–H groups in total. The van der Waals surface area contributed by atoms with Gasteiger partial charge < -0.3 is 15.2 Å². The zero-order valence-corrected chi connectivity index (χ0v) is 15.9. The minimum Gasteiger partial charge on any atom is -0.495 e. The van der Waals surface area contributed by atoms with Crippen molar-refractivity contribution in [3.8, 4) is 5.75 Å². The van der Waals surface area contributed by atoms with Crippen LogP contribution in [0.1, 0.15) is 36.9 Å². The van der Waals surface area contributed by atoms with E-state index in [2.05, 4.69) is 10.6 Å². The molecule has 0 aromatic heterocycles. The van der Waals surface area contributed by atoms with Crippen molar-refractivity contribution in [2.75, 3.05) is 12.4 Å². The number of aliphatic carboxylic acids is 1. The van der Waals surface area contributed by atoms with E-state index < -0.39 is 18.1 Å². The Hall–Kier alpha value is -2.86. The van der Waals surface area contributed by atoms with E-state index >= 15 is 0 Å². The minimum absolute atomic E-state index is 0.340. The number of hydrogen-bond donors (Lipinski definition) is 3. The third kappa shape index (κ3) is 5.56. The van der Waals surface area contributed by atoms with Crippen molar-refractivity contribution in [3.63, 3.8) is 0 Å². The monoisotopic (exact) mass is 370 g/mol. The number of methoxy groups -OCH3 is 1. The molecule has 0 fully saturated rings. The molecule has 0 saturated heterocycles. The number of anilines is 1. The molecule has 0 heterocycles. The van der Waals surface area contributed by atoms with Crippen molar-refractivity contribution in [3.05, 3.63) is 59.7 Å². The van der Waals surface area contributed by atoms with Gasteiger partial charge in [-0.2, -0.15) is 0 Å². The average molecular weight is 370 g/mol. The number of ether oxygens (including phenoxy) is 1. The molecule has 27 heavy (non-hydrogen) atoms. The third-order valence-electron chi connectivity index (χ3n) is 4.25. The molecule has 0 aliphatic carbocycles. The first-order chi connectivity index (χ1) is 13.0. The van der Waals surface area contributed by atoms with Crippen LogP contribution in [0.4, 0.5) is 5.69 Å². The summed E-state index contributed by atoms with van der Waals surface area (Å²) in [5.41, 5.74) is 2.22. The van der Waals surface area contributed by atoms with Gasteiger partial charge in [0.25, 0.3) is 0 Å². The molecule has 0 aliphatic heterocycles. The van der Waals surface area contributed by atoms with Crippen LogP contribution in [-0.2, 0) is 9.59 Å². The molecule has 6 nitrogen and oxygen atoms in total. The number of nitrogens with one attached hydrogen (secondary N) is 2. The van der Waals surface area contributed by atoms with Crippen LogP contribution in [-0.4, -0.2) is 30.1 Å². The van der Waals surface area contributed by atoms with Gasteiger partial charge in [0.2, 0.25) is 5.91 Å². The topological polar surface area (TPSA) is 87.7 Å². The lowest BCUT2D eigenvalue weighted by Gasteiger charge is -2.23. The normalized spacial score (nSPS) is 12.9. The molecule has 2 unspecified atom stereocenters. The molecule has 144 valence electrons. The Morgan fingerprint density at radius 3 is 2.44 bits per heavy atom. The minimum atomic E-state index is -0.973. The van der Waals surface area contributed by atoms with Gasteiger partial charge in [-0.15, -0.1) is 0 Å². The summed E-state index contributed by atoms with van der Waals surface area (Å²) < 4.78 is 5.32. The maximum absolute atomic E-state index is 13.0. The highest BCUT2D eigenvalue weighted by Crippen LogP contribution is 2.27. The Balaban J connectivity index is 2.31. The second-order valence-electron chi connectivity index (χ2n) is 6.38. The van der Waals surface area contributed by atoms with E-state index in [-0.39, 0.29) is 5.91 Å². The van der Waals surface area contributed by atoms with Crippen molar-refractivity contribution >= 4 is 17.6 Å². The number of carbonyl (C=O) groups excluding carboxylic acids is 1. The zero-order chi connectivity index (χ0) is 19.8. The van der Waals surface area contributed by atoms with Gasteiger partial charge in [-0.05, 0) is 36.6 Å². The Kier molecular flexibility index (Phi) is 7.37. The quantitative estimate of drug-likeness (QED) is 0.628. The van der Waals surface area contributed by atoms with Gasteiger partial charge in [-0.1, -0.05) is 49.7 Å². The molecule has 2 aromatic carbocycles. The van der Waals surface area contributed by atoms with Gasteiger partial charge in [-0.3, -0.25) is 14.9 Å². The van der Waals surface area contributed by atoms with Gasteiger partial charge in [0, 0.05) is 0 Å². The van der Waals surface area contributed by atoms with Crippen LogP contribution in [0.3, 0.4) is 0 Å². The fraction of sp³-hybridized carbons (Fsp3) is 0.333. The maximum Gasteiger partial charge on any atom is 0.320 e. The summed E-state index contributed by atoms with van der Waals surface area (Å²) in [6.07, 6.45) is 1.12. The van der Waals surface area contributed by atoms with Crippen LogP contribution in [0.25, 0.3) is 0 Å². The lowest BCUT2D eigenvalue weighted by Crippen LogP contribution is -2.43. The molecule has 0 bridgehead atoms. The lowest BCUT2D eigenvalue weighted by molar-refractivity contribution is -0.140. The first-order valence-corrected chi connectivity index (χ1v) is 8.95. The van der Waals surface area contributed by atoms with E-state index in [1.54, 1.807) is 18.2 Å². The smallest absolute Gasteiger partial charge is 0.320 e. The van der Waals surface area contributed by atoms with Crippen molar-refractivity contribution in [2.45, 2.75) is 38.8 Å². The van der Waals surface area contributed by atoms with Crippen LogP contribution >= 0.6 is 0 Å². The van der Waals surface area contributed by atoms with E-state index in [4.69, 9.17) is 4.74 Å². The Bertz CT molecular complexity index is 777. The van der Waals surface area contributed by atoms with Crippen LogP contribution in [0.2, 0.25) is 0 Å². The van der Waals surface area contributed by atoms with E-state index in [1.807, 2.05) is 44.2 Å². The summed E-state index contributed by atoms with van der Waals surface area (Å²) in [5, 5.41) is 15.3. The molecule has 1 amide bonds. The van der Waals surface area contributed by atoms with Crippen LogP contribution in [0, 0.1) is 6.92 Å². The van der Waals surface area contributed by atoms with Gasteiger partial charge in [0.05, 0.1) is 12.8 Å². The van der Waals surface area contributed by atoms with Crippen LogP contribution in [0.15, 0.2) is 48.5 Å². The van der Waals surface area contributed by atoms with E-state index in [9.17, 15) is 14.7 Å². The van der Waals surface area contributed by atoms with Crippen molar-refractivity contribution < 1.29 is 19.4 Å². The van der Waals surface area contributed by atoms with Crippen LogP contribution < -0.4 is 15.4 Å². The number of benzene rings is 2. The zero-order valence-electron chi connectivity index (χ0n) is 15.9. The molecule has 0 aliphatic rings. The number of aryl methyl sites for hydroxylation is 1. The van der Waals surface area contributed by atoms with Gasteiger partial charge in [0.1, 0.15) is 17.8 Å². The molecule has 0 spiro atoms. The standard InChI is InChI=1S/C21H26N2O4/c1-4-8-16(21(25)26)22-19(15-9-6-5-7-10-15)20(24)23-17-13-14(2)11-12-18(17)27-3/h5-7,9-13,16,19,22H,4,8H2,1-3H3,(H,23,24)(H,25,26). The summed E-state index contributed by atoms with van der Waals surface area (Å²) in [4.78, 5) is 24.6. The highest BCUT2D eigenvalue weighted by atomic mass is 16.5. The first-order valence-electron chi connectivity index (χ1n) is 8.95. The molecular formula is C21H26N2O4. The SMILES string of the molecule is CCCC(NC(C(=O)Nc1cc(C)ccc1OC)c1ccccc1)C(=O)O. The predicted molar refractivity (Wildman–Crippen MR) is 105 cm³/mol. The summed E-state index contributed by atoms with van der Waals surface area (Å²) in [5.74, 6) is -0.768. The summed E-state index contributed by atoms with van der Waals surface area (Å²) >= 11 is 0. The third-order valence-corrected chi connectivity index (χ3v) is 4.25. The number of amides is 1. The van der Waals surface area contributed by atoms with Gasteiger partial charge in [-0.25, -0.2) is 0 Å². The largest absolute Gasteiger partial charge is 0.495 e. The summed E-state index contributed by atoms with van der Waals surface area (Å²) in [6, 6.07) is 13.0. The molecule has 2 rings (SSSR count). The van der Waals surface area contributed by atoms with Crippen molar-refractivity contribution in [2.24, 2.45) is 0 Å². The molecule has 0 saturated carbocycles. The molecule has 6 heteroatoms. The first kappa shape index (κ1) is 20.5. The van der Waals surface area contributed by atoms with E-state index in [0.29, 0.717) is 29.8 Å². The molecule has 2 aromatic rings. The molecular weight excluding hydrogens is 344 g/mol. The number of rotatable bonds is 9. The fourth-order valence-corrected chi connectivity index (χ4v) is 2.86. The van der Waals surface area contributed by atoms with E-state index in [0.717, 1.165) is 5.56 Å². The Labute approximate surface area is 159 Å². The maximum atomic E-state index is 13.0. The Morgan fingerprint density at radius 2 is 1.85 bits per heavy atom. The Morgan fingerprint density at radius 1 is 1.15 bits per heavy atom. The predicted octanol–water partition coefficient (Wildman–Crippen LogP) is 3.53. The highest BCUT2D eigenvalue weighted by molar-refractivity contribution is 5.97. The van der Waals surface area contributed by atoms with E-state index in [1.165, 1.54) is 7.11 Å². The van der Waals surface area contributed by atoms with Crippen LogP contribution in [0.5, 0.6) is 5.75 Å². The van der Waals surface area contributed by atoms with Gasteiger partial charge in [0.15, 0.2) is 0 Å². The second kappa shape index (κ2) is 9.73.